The fourth-order valence-electron chi connectivity index (χ4n) is 3.46. The van der Waals surface area contributed by atoms with Gasteiger partial charge in [0.05, 0.1) is 31.2 Å². The molecule has 0 radical (unpaired) electrons. The molecule has 10 heteroatoms. The number of aromatic nitrogens is 4. The van der Waals surface area contributed by atoms with Crippen molar-refractivity contribution in [3.8, 4) is 22.9 Å². The van der Waals surface area contributed by atoms with E-state index in [1.807, 2.05) is 41.8 Å². The van der Waals surface area contributed by atoms with Crippen LogP contribution in [-0.4, -0.2) is 40.3 Å². The van der Waals surface area contributed by atoms with Crippen LogP contribution in [0.15, 0.2) is 53.0 Å². The van der Waals surface area contributed by atoms with Gasteiger partial charge in [0.15, 0.2) is 11.0 Å². The number of nitrogens with one attached hydrogen (secondary N) is 1. The molecule has 4 rings (SSSR count). The van der Waals surface area contributed by atoms with E-state index in [-0.39, 0.29) is 5.91 Å². The maximum absolute atomic E-state index is 12.5. The van der Waals surface area contributed by atoms with Gasteiger partial charge < -0.3 is 9.47 Å². The highest BCUT2D eigenvalue weighted by atomic mass is 32.2. The second-order valence-electron chi connectivity index (χ2n) is 7.28. The zero-order valence-electron chi connectivity index (χ0n) is 19.4. The number of ether oxygens (including phenoxy) is 2. The molecule has 0 saturated carbocycles. The lowest BCUT2D eigenvalue weighted by molar-refractivity contribution is -0.115. The van der Waals surface area contributed by atoms with Gasteiger partial charge in [-0.15, -0.1) is 16.4 Å². The Morgan fingerprint density at radius 2 is 1.97 bits per heavy atom. The Kier molecular flexibility index (Phi) is 7.49. The number of thiazole rings is 1. The first-order chi connectivity index (χ1) is 16.5. The van der Waals surface area contributed by atoms with Crippen molar-refractivity contribution in [2.24, 2.45) is 0 Å². The largest absolute Gasteiger partial charge is 0.497 e. The van der Waals surface area contributed by atoms with Gasteiger partial charge >= 0.3 is 0 Å². The zero-order valence-corrected chi connectivity index (χ0v) is 21.0. The molecule has 34 heavy (non-hydrogen) atoms. The van der Waals surface area contributed by atoms with Crippen LogP contribution in [0.4, 0.5) is 10.8 Å². The van der Waals surface area contributed by atoms with Crippen LogP contribution in [0.1, 0.15) is 25.1 Å². The van der Waals surface area contributed by atoms with Crippen LogP contribution in [0.5, 0.6) is 11.5 Å². The van der Waals surface area contributed by atoms with Gasteiger partial charge in [-0.3, -0.25) is 14.8 Å². The number of amides is 1. The summed E-state index contributed by atoms with van der Waals surface area (Å²) in [4.78, 5) is 23.5. The predicted molar refractivity (Wildman–Crippen MR) is 135 cm³/mol. The number of aromatic amines is 1. The number of nitrogens with zero attached hydrogens (tertiary/aromatic N) is 4. The molecule has 8 nitrogen and oxygen atoms in total. The van der Waals surface area contributed by atoms with Crippen molar-refractivity contribution in [1.29, 1.82) is 0 Å². The molecule has 0 bridgehead atoms. The van der Waals surface area contributed by atoms with Crippen LogP contribution in [-0.2, 0) is 17.0 Å². The molecule has 0 saturated heterocycles. The molecular formula is C24H25N5O3S2. The summed E-state index contributed by atoms with van der Waals surface area (Å²) in [6.45, 7) is 3.64. The Labute approximate surface area is 206 Å². The normalized spacial score (nSPS) is 10.8. The number of anilines is 2. The van der Waals surface area contributed by atoms with Crippen LogP contribution < -0.4 is 14.4 Å². The van der Waals surface area contributed by atoms with Gasteiger partial charge in [-0.25, -0.2) is 9.97 Å². The van der Waals surface area contributed by atoms with Gasteiger partial charge in [-0.05, 0) is 30.2 Å². The number of H-pyrrole nitrogens is 1. The maximum atomic E-state index is 12.5. The minimum Gasteiger partial charge on any atom is -0.497 e. The fraction of sp³-hybridized carbons (Fsp3) is 0.250. The molecule has 1 N–H and O–H groups in total. The molecule has 0 spiro atoms. The fourth-order valence-corrected chi connectivity index (χ4v) is 5.14. The third-order valence-corrected chi connectivity index (χ3v) is 6.89. The Morgan fingerprint density at radius 3 is 2.71 bits per heavy atom. The number of thioether (sulfide) groups is 1. The molecule has 2 aromatic carbocycles. The molecule has 1 amide bonds. The zero-order chi connectivity index (χ0) is 24.1. The second kappa shape index (κ2) is 10.7. The van der Waals surface area contributed by atoms with E-state index in [9.17, 15) is 4.79 Å². The molecule has 4 aromatic rings. The quantitative estimate of drug-likeness (QED) is 0.307. The number of rotatable bonds is 9. The summed E-state index contributed by atoms with van der Waals surface area (Å²) in [7, 11) is 3.22. The summed E-state index contributed by atoms with van der Waals surface area (Å²) < 4.78 is 10.7. The van der Waals surface area contributed by atoms with Crippen molar-refractivity contribution in [3.05, 3.63) is 59.1 Å². The van der Waals surface area contributed by atoms with Crippen molar-refractivity contribution in [3.63, 3.8) is 0 Å². The van der Waals surface area contributed by atoms with Crippen molar-refractivity contribution < 1.29 is 14.3 Å². The van der Waals surface area contributed by atoms with Crippen LogP contribution in [0.3, 0.4) is 0 Å². The molecule has 0 fully saturated rings. The lowest BCUT2D eigenvalue weighted by Gasteiger charge is -2.20. The predicted octanol–water partition coefficient (Wildman–Crippen LogP) is 5.48. The van der Waals surface area contributed by atoms with Gasteiger partial charge in [0, 0.05) is 24.1 Å². The number of para-hydroxylation sites is 1. The number of hydrogen-bond donors (Lipinski definition) is 1. The number of aryl methyl sites for hydroxylation is 1. The summed E-state index contributed by atoms with van der Waals surface area (Å²) in [5.41, 5.74) is 3.63. The molecule has 0 unspecified atom stereocenters. The van der Waals surface area contributed by atoms with Crippen molar-refractivity contribution in [1.82, 2.24) is 20.2 Å². The van der Waals surface area contributed by atoms with Gasteiger partial charge in [0.25, 0.3) is 0 Å². The first-order valence-corrected chi connectivity index (χ1v) is 12.5. The Hall–Kier alpha value is -3.37. The maximum Gasteiger partial charge on any atom is 0.230 e. The van der Waals surface area contributed by atoms with Crippen LogP contribution in [0.25, 0.3) is 11.4 Å². The average molecular weight is 496 g/mol. The van der Waals surface area contributed by atoms with Crippen LogP contribution >= 0.6 is 23.1 Å². The van der Waals surface area contributed by atoms with Crippen molar-refractivity contribution in [2.45, 2.75) is 31.2 Å². The van der Waals surface area contributed by atoms with Crippen molar-refractivity contribution >= 4 is 39.8 Å². The number of methoxy groups -OCH3 is 2. The molecular weight excluding hydrogens is 470 g/mol. The number of benzene rings is 2. The molecule has 0 atom stereocenters. The standard InChI is InChI=1S/C24H25N5O3S2/c1-5-16-8-6-7-9-20(16)29(15(2)30)24-25-17(14-34-24)13-33-23-26-22(27-28-23)19-11-10-18(31-3)12-21(19)32-4/h6-12,14H,5,13H2,1-4H3,(H,26,27,28). The molecule has 0 aliphatic heterocycles. The van der Waals surface area contributed by atoms with E-state index < -0.39 is 0 Å². The lowest BCUT2D eigenvalue weighted by Crippen LogP contribution is -2.23. The van der Waals surface area contributed by atoms with E-state index >= 15 is 0 Å². The molecule has 2 heterocycles. The molecule has 176 valence electrons. The summed E-state index contributed by atoms with van der Waals surface area (Å²) in [6.07, 6.45) is 0.834. The Balaban J connectivity index is 1.49. The third kappa shape index (κ3) is 5.07. The number of carbonyl (C=O) groups is 1. The van der Waals surface area contributed by atoms with E-state index in [2.05, 4.69) is 22.1 Å². The summed E-state index contributed by atoms with van der Waals surface area (Å²) in [5.74, 6) is 2.47. The SMILES string of the molecule is CCc1ccccc1N(C(C)=O)c1nc(CSc2n[nH]c(-c3ccc(OC)cc3OC)n2)cs1. The van der Waals surface area contributed by atoms with E-state index in [0.717, 1.165) is 28.9 Å². The Bertz CT molecular complexity index is 1290. The minimum atomic E-state index is -0.0681. The summed E-state index contributed by atoms with van der Waals surface area (Å²) in [6, 6.07) is 13.4. The van der Waals surface area contributed by atoms with Crippen molar-refractivity contribution in [2.75, 3.05) is 19.1 Å². The highest BCUT2D eigenvalue weighted by Crippen LogP contribution is 2.34. The first kappa shape index (κ1) is 23.8. The second-order valence-corrected chi connectivity index (χ2v) is 9.06. The van der Waals surface area contributed by atoms with Gasteiger partial charge in [0.2, 0.25) is 11.1 Å². The highest BCUT2D eigenvalue weighted by molar-refractivity contribution is 7.98. The Morgan fingerprint density at radius 1 is 1.15 bits per heavy atom. The highest BCUT2D eigenvalue weighted by Gasteiger charge is 2.20. The number of hydrogen-bond acceptors (Lipinski definition) is 8. The third-order valence-electron chi connectivity index (χ3n) is 5.14. The van der Waals surface area contributed by atoms with E-state index in [1.54, 1.807) is 32.1 Å². The van der Waals surface area contributed by atoms with Gasteiger partial charge in [0.1, 0.15) is 11.5 Å². The summed E-state index contributed by atoms with van der Waals surface area (Å²) in [5, 5.41) is 10.5. The minimum absolute atomic E-state index is 0.0681. The van der Waals surface area contributed by atoms with Gasteiger partial charge in [-0.2, -0.15) is 0 Å². The summed E-state index contributed by atoms with van der Waals surface area (Å²) >= 11 is 2.92. The van der Waals surface area contributed by atoms with E-state index in [1.165, 1.54) is 23.1 Å². The first-order valence-electron chi connectivity index (χ1n) is 10.6. The smallest absolute Gasteiger partial charge is 0.230 e. The molecule has 0 aliphatic carbocycles. The monoisotopic (exact) mass is 495 g/mol. The molecule has 0 aliphatic rings. The van der Waals surface area contributed by atoms with Crippen LogP contribution in [0.2, 0.25) is 0 Å². The van der Waals surface area contributed by atoms with Gasteiger partial charge in [-0.1, -0.05) is 36.9 Å². The topological polar surface area (TPSA) is 93.2 Å². The molecule has 2 aromatic heterocycles. The van der Waals surface area contributed by atoms with E-state index in [0.29, 0.717) is 33.4 Å². The lowest BCUT2D eigenvalue weighted by atomic mass is 10.1. The number of carbonyl (C=O) groups excluding carboxylic acids is 1. The average Bonchev–Trinajstić information content (AvgIpc) is 3.52. The van der Waals surface area contributed by atoms with Crippen LogP contribution in [0, 0.1) is 0 Å². The van der Waals surface area contributed by atoms with E-state index in [4.69, 9.17) is 14.5 Å².